The number of hydrogen-bond acceptors (Lipinski definition) is 4. The monoisotopic (exact) mass is 345 g/mol. The highest BCUT2D eigenvalue weighted by Crippen LogP contribution is 2.40. The number of rotatable bonds is 5. The van der Waals surface area contributed by atoms with Gasteiger partial charge in [-0.15, -0.1) is 23.5 Å². The summed E-state index contributed by atoms with van der Waals surface area (Å²) in [6.07, 6.45) is 2.07. The number of carbonyl (C=O) groups excluding carboxylic acids is 1. The number of hydrogen-bond donors (Lipinski definition) is 0. The third kappa shape index (κ3) is 3.67. The normalized spacial score (nSPS) is 17.6. The van der Waals surface area contributed by atoms with Gasteiger partial charge in [0.05, 0.1) is 12.9 Å². The molecule has 5 heteroatoms. The van der Waals surface area contributed by atoms with Gasteiger partial charge >= 0.3 is 0 Å². The van der Waals surface area contributed by atoms with Crippen LogP contribution in [0.25, 0.3) is 0 Å². The number of ether oxygens (including phenoxy) is 1. The van der Waals surface area contributed by atoms with Crippen LogP contribution in [0.15, 0.2) is 53.4 Å². The summed E-state index contributed by atoms with van der Waals surface area (Å²) >= 11 is 3.43. The van der Waals surface area contributed by atoms with Gasteiger partial charge in [-0.3, -0.25) is 4.79 Å². The average molecular weight is 345 g/mol. The molecule has 0 aliphatic carbocycles. The highest BCUT2D eigenvalue weighted by molar-refractivity contribution is 8.00. The molecular formula is C18H19NO2S2. The van der Waals surface area contributed by atoms with Crippen molar-refractivity contribution in [2.45, 2.75) is 16.8 Å². The highest BCUT2D eigenvalue weighted by atomic mass is 32.2. The number of carbonyl (C=O) groups is 1. The van der Waals surface area contributed by atoms with Gasteiger partial charge in [0.25, 0.3) is 0 Å². The summed E-state index contributed by atoms with van der Waals surface area (Å²) in [6, 6.07) is 16.4. The van der Waals surface area contributed by atoms with Crippen LogP contribution in [0.5, 0.6) is 5.75 Å². The smallest absolute Gasteiger partial charge is 0.234 e. The first-order chi connectivity index (χ1) is 11.2. The molecule has 2 aromatic carbocycles. The van der Waals surface area contributed by atoms with Crippen molar-refractivity contribution in [3.05, 3.63) is 59.7 Å². The molecule has 0 spiro atoms. The van der Waals surface area contributed by atoms with Crippen LogP contribution in [-0.4, -0.2) is 29.9 Å². The van der Waals surface area contributed by atoms with Crippen molar-refractivity contribution in [1.82, 2.24) is 4.90 Å². The molecule has 0 N–H and O–H groups in total. The fourth-order valence-corrected chi connectivity index (χ4v) is 4.19. The van der Waals surface area contributed by atoms with Crippen molar-refractivity contribution in [2.24, 2.45) is 0 Å². The Bertz CT molecular complexity index is 670. The number of methoxy groups -OCH3 is 1. The van der Waals surface area contributed by atoms with Crippen LogP contribution in [0.1, 0.15) is 16.5 Å². The number of amides is 1. The molecule has 1 amide bonds. The molecule has 120 valence electrons. The van der Waals surface area contributed by atoms with E-state index in [1.54, 1.807) is 30.6 Å². The number of nitrogens with zero attached hydrogens (tertiary/aromatic N) is 1. The Hall–Kier alpha value is -1.59. The number of thioether (sulfide) groups is 2. The maximum Gasteiger partial charge on any atom is 0.234 e. The minimum atomic E-state index is 0.0977. The van der Waals surface area contributed by atoms with Crippen molar-refractivity contribution < 1.29 is 9.53 Å². The lowest BCUT2D eigenvalue weighted by Gasteiger charge is -2.24. The summed E-state index contributed by atoms with van der Waals surface area (Å²) < 4.78 is 5.19. The van der Waals surface area contributed by atoms with E-state index in [0.29, 0.717) is 12.3 Å². The molecule has 1 aliphatic heterocycles. The SMILES string of the molecule is COc1ccc(CN2C(=O)CSC2c2ccc(SC)cc2)cc1. The molecule has 0 aromatic heterocycles. The van der Waals surface area contributed by atoms with Crippen molar-refractivity contribution in [1.29, 1.82) is 0 Å². The van der Waals surface area contributed by atoms with Crippen LogP contribution >= 0.6 is 23.5 Å². The van der Waals surface area contributed by atoms with Gasteiger partial charge in [-0.05, 0) is 41.6 Å². The molecule has 1 fully saturated rings. The summed E-state index contributed by atoms with van der Waals surface area (Å²) in [4.78, 5) is 15.5. The molecule has 23 heavy (non-hydrogen) atoms. The first-order valence-corrected chi connectivity index (χ1v) is 9.66. The Morgan fingerprint density at radius 1 is 1.17 bits per heavy atom. The maximum absolute atomic E-state index is 12.3. The van der Waals surface area contributed by atoms with Crippen molar-refractivity contribution in [2.75, 3.05) is 19.1 Å². The van der Waals surface area contributed by atoms with Gasteiger partial charge in [-0.2, -0.15) is 0 Å². The molecule has 3 rings (SSSR count). The van der Waals surface area contributed by atoms with Crippen molar-refractivity contribution in [3.63, 3.8) is 0 Å². The molecule has 3 nitrogen and oxygen atoms in total. The van der Waals surface area contributed by atoms with Crippen LogP contribution in [0, 0.1) is 0 Å². The van der Waals surface area contributed by atoms with E-state index in [4.69, 9.17) is 4.74 Å². The third-order valence-electron chi connectivity index (χ3n) is 3.88. The molecule has 2 aromatic rings. The zero-order valence-electron chi connectivity index (χ0n) is 13.2. The molecule has 1 aliphatic rings. The van der Waals surface area contributed by atoms with Crippen molar-refractivity contribution >= 4 is 29.4 Å². The molecule has 0 saturated carbocycles. The second-order valence-electron chi connectivity index (χ2n) is 5.31. The maximum atomic E-state index is 12.3. The largest absolute Gasteiger partial charge is 0.497 e. The second-order valence-corrected chi connectivity index (χ2v) is 7.25. The number of benzene rings is 2. The zero-order valence-corrected chi connectivity index (χ0v) is 14.8. The summed E-state index contributed by atoms with van der Waals surface area (Å²) in [7, 11) is 1.66. The third-order valence-corrected chi connectivity index (χ3v) is 5.88. The molecule has 1 unspecified atom stereocenters. The summed E-state index contributed by atoms with van der Waals surface area (Å²) in [5, 5.41) is 0.0977. The topological polar surface area (TPSA) is 29.5 Å². The highest BCUT2D eigenvalue weighted by Gasteiger charge is 2.32. The van der Waals surface area contributed by atoms with Gasteiger partial charge in [0.15, 0.2) is 0 Å². The quantitative estimate of drug-likeness (QED) is 0.760. The Morgan fingerprint density at radius 2 is 1.87 bits per heavy atom. The van der Waals surface area contributed by atoms with Gasteiger partial charge in [-0.25, -0.2) is 0 Å². The second kappa shape index (κ2) is 7.32. The minimum Gasteiger partial charge on any atom is -0.497 e. The van der Waals surface area contributed by atoms with Gasteiger partial charge in [-0.1, -0.05) is 24.3 Å². The van der Waals surface area contributed by atoms with Crippen LogP contribution in [0.2, 0.25) is 0 Å². The van der Waals surface area contributed by atoms with E-state index in [1.807, 2.05) is 29.2 Å². The van der Waals surface area contributed by atoms with Crippen LogP contribution < -0.4 is 4.74 Å². The van der Waals surface area contributed by atoms with E-state index in [9.17, 15) is 4.79 Å². The molecule has 1 saturated heterocycles. The van der Waals surface area contributed by atoms with E-state index in [1.165, 1.54) is 10.5 Å². The Labute approximate surface area is 145 Å². The van der Waals surface area contributed by atoms with E-state index >= 15 is 0 Å². The predicted molar refractivity (Wildman–Crippen MR) is 97.0 cm³/mol. The van der Waals surface area contributed by atoms with Crippen molar-refractivity contribution in [3.8, 4) is 5.75 Å². The molecule has 1 heterocycles. The first kappa shape index (κ1) is 16.3. The van der Waals surface area contributed by atoms with Gasteiger partial charge in [0.1, 0.15) is 11.1 Å². The predicted octanol–water partition coefficient (Wildman–Crippen LogP) is 4.19. The fourth-order valence-electron chi connectivity index (χ4n) is 2.60. The summed E-state index contributed by atoms with van der Waals surface area (Å²) in [5.41, 5.74) is 2.31. The van der Waals surface area contributed by atoms with Crippen LogP contribution in [0.4, 0.5) is 0 Å². The molecule has 0 bridgehead atoms. The first-order valence-electron chi connectivity index (χ1n) is 7.39. The zero-order chi connectivity index (χ0) is 16.2. The van der Waals surface area contributed by atoms with E-state index < -0.39 is 0 Å². The Morgan fingerprint density at radius 3 is 2.48 bits per heavy atom. The van der Waals surface area contributed by atoms with E-state index in [-0.39, 0.29) is 11.3 Å². The lowest BCUT2D eigenvalue weighted by Crippen LogP contribution is -2.27. The van der Waals surface area contributed by atoms with Crippen LogP contribution in [-0.2, 0) is 11.3 Å². The lowest BCUT2D eigenvalue weighted by molar-refractivity contribution is -0.128. The lowest BCUT2D eigenvalue weighted by atomic mass is 10.1. The molecule has 1 atom stereocenters. The average Bonchev–Trinajstić information content (AvgIpc) is 2.96. The van der Waals surface area contributed by atoms with Crippen LogP contribution in [0.3, 0.4) is 0 Å². The fraction of sp³-hybridized carbons (Fsp3) is 0.278. The van der Waals surface area contributed by atoms with E-state index in [0.717, 1.165) is 11.3 Å². The van der Waals surface area contributed by atoms with Gasteiger partial charge in [0, 0.05) is 11.4 Å². The molecule has 0 radical (unpaired) electrons. The standard InChI is InChI=1S/C18H19NO2S2/c1-21-15-7-3-13(4-8-15)11-19-17(20)12-23-18(19)14-5-9-16(22-2)10-6-14/h3-10,18H,11-12H2,1-2H3. The summed E-state index contributed by atoms with van der Waals surface area (Å²) in [6.45, 7) is 0.630. The minimum absolute atomic E-state index is 0.0977. The van der Waals surface area contributed by atoms with Gasteiger partial charge in [0.2, 0.25) is 5.91 Å². The van der Waals surface area contributed by atoms with Gasteiger partial charge < -0.3 is 9.64 Å². The summed E-state index contributed by atoms with van der Waals surface area (Å²) in [5.74, 6) is 1.58. The molecular weight excluding hydrogens is 326 g/mol. The Kier molecular flexibility index (Phi) is 5.18. The van der Waals surface area contributed by atoms with E-state index in [2.05, 4.69) is 30.5 Å². The Balaban J connectivity index is 1.78.